The molecule has 0 aliphatic rings. The van der Waals surface area contributed by atoms with Crippen LogP contribution in [0.3, 0.4) is 0 Å². The Kier molecular flexibility index (Phi) is 6.28. The van der Waals surface area contributed by atoms with E-state index in [9.17, 15) is 0 Å². The molecule has 1 heterocycles. The molecule has 0 aliphatic heterocycles. The Hall–Kier alpha value is 0.0800. The molecule has 1 atom stereocenters. The van der Waals surface area contributed by atoms with Crippen LogP contribution in [0.4, 0.5) is 0 Å². The third-order valence-corrected chi connectivity index (χ3v) is 5.86. The fourth-order valence-corrected chi connectivity index (χ4v) is 4.17. The molecule has 2 aromatic rings. The highest BCUT2D eigenvalue weighted by atomic mass is 127. The molecule has 3 nitrogen and oxygen atoms in total. The van der Waals surface area contributed by atoms with E-state index >= 15 is 0 Å². The summed E-state index contributed by atoms with van der Waals surface area (Å²) in [4.78, 5) is 0. The number of aromatic nitrogens is 2. The zero-order valence-electron chi connectivity index (χ0n) is 12.0. The van der Waals surface area contributed by atoms with Crippen molar-refractivity contribution in [2.75, 3.05) is 0 Å². The number of halogens is 3. The largest absolute Gasteiger partial charge is 0.324 e. The van der Waals surface area contributed by atoms with Gasteiger partial charge in [0.15, 0.2) is 0 Å². The van der Waals surface area contributed by atoms with Gasteiger partial charge in [0.1, 0.15) is 0 Å². The standard InChI is InChI=1S/C15H18Br2IN3/c1-3-13-15(17)14(21(4-2)20-13)8-12(19)10-7-9(16)5-6-11(10)18/h5-7,12H,3-4,8,19H2,1-2H3. The van der Waals surface area contributed by atoms with E-state index in [0.717, 1.165) is 34.0 Å². The van der Waals surface area contributed by atoms with E-state index in [4.69, 9.17) is 5.73 Å². The lowest BCUT2D eigenvalue weighted by Gasteiger charge is -2.15. The van der Waals surface area contributed by atoms with Crippen LogP contribution < -0.4 is 5.73 Å². The molecule has 0 radical (unpaired) electrons. The quantitative estimate of drug-likeness (QED) is 0.567. The van der Waals surface area contributed by atoms with Gasteiger partial charge >= 0.3 is 0 Å². The number of hydrogen-bond acceptors (Lipinski definition) is 2. The highest BCUT2D eigenvalue weighted by Crippen LogP contribution is 2.29. The molecule has 0 saturated carbocycles. The predicted molar refractivity (Wildman–Crippen MR) is 102 cm³/mol. The Labute approximate surface area is 156 Å². The van der Waals surface area contributed by atoms with Crippen LogP contribution in [-0.4, -0.2) is 9.78 Å². The first kappa shape index (κ1) is 17.4. The number of benzene rings is 1. The van der Waals surface area contributed by atoms with Crippen LogP contribution >= 0.6 is 54.5 Å². The molecule has 2 N–H and O–H groups in total. The van der Waals surface area contributed by atoms with Gasteiger partial charge in [0.05, 0.1) is 15.9 Å². The summed E-state index contributed by atoms with van der Waals surface area (Å²) in [5, 5.41) is 4.64. The highest BCUT2D eigenvalue weighted by molar-refractivity contribution is 14.1. The van der Waals surface area contributed by atoms with Gasteiger partial charge in [0.2, 0.25) is 0 Å². The number of aryl methyl sites for hydroxylation is 2. The van der Waals surface area contributed by atoms with Crippen molar-refractivity contribution < 1.29 is 0 Å². The molecule has 0 amide bonds. The average Bonchev–Trinajstić information content (AvgIpc) is 2.77. The van der Waals surface area contributed by atoms with Crippen molar-refractivity contribution in [3.05, 3.63) is 47.7 Å². The highest BCUT2D eigenvalue weighted by Gasteiger charge is 2.19. The first-order valence-corrected chi connectivity index (χ1v) is 9.58. The second-order valence-corrected chi connectivity index (χ2v) is 7.72. The van der Waals surface area contributed by atoms with Gasteiger partial charge in [-0.1, -0.05) is 22.9 Å². The van der Waals surface area contributed by atoms with Gasteiger partial charge in [0.25, 0.3) is 0 Å². The van der Waals surface area contributed by atoms with E-state index in [2.05, 4.69) is 85.5 Å². The van der Waals surface area contributed by atoms with Gasteiger partial charge in [-0.2, -0.15) is 5.10 Å². The maximum atomic E-state index is 6.45. The molecular weight excluding hydrogens is 509 g/mol. The van der Waals surface area contributed by atoms with E-state index in [1.165, 1.54) is 14.8 Å². The molecule has 0 spiro atoms. The topological polar surface area (TPSA) is 43.8 Å². The zero-order chi connectivity index (χ0) is 15.6. The molecule has 0 aliphatic carbocycles. The molecule has 114 valence electrons. The minimum absolute atomic E-state index is 0.0441. The molecule has 0 saturated heterocycles. The zero-order valence-corrected chi connectivity index (χ0v) is 17.4. The van der Waals surface area contributed by atoms with Crippen molar-refractivity contribution in [2.24, 2.45) is 5.73 Å². The molecule has 21 heavy (non-hydrogen) atoms. The fourth-order valence-electron chi connectivity index (χ4n) is 2.33. The Morgan fingerprint density at radius 3 is 2.67 bits per heavy atom. The van der Waals surface area contributed by atoms with Crippen molar-refractivity contribution in [3.63, 3.8) is 0 Å². The summed E-state index contributed by atoms with van der Waals surface area (Å²) in [6, 6.07) is 6.19. The molecule has 1 unspecified atom stereocenters. The fraction of sp³-hybridized carbons (Fsp3) is 0.400. The van der Waals surface area contributed by atoms with Crippen molar-refractivity contribution >= 4 is 54.5 Å². The Bertz CT molecular complexity index is 640. The third-order valence-electron chi connectivity index (χ3n) is 3.46. The first-order valence-electron chi connectivity index (χ1n) is 6.92. The van der Waals surface area contributed by atoms with Crippen molar-refractivity contribution in [2.45, 2.75) is 39.3 Å². The molecule has 0 fully saturated rings. The lowest BCUT2D eigenvalue weighted by molar-refractivity contribution is 0.584. The lowest BCUT2D eigenvalue weighted by Crippen LogP contribution is -2.17. The molecule has 6 heteroatoms. The van der Waals surface area contributed by atoms with Crippen LogP contribution in [0.15, 0.2) is 27.1 Å². The van der Waals surface area contributed by atoms with E-state index in [1.54, 1.807) is 0 Å². The van der Waals surface area contributed by atoms with Crippen LogP contribution in [0.2, 0.25) is 0 Å². The van der Waals surface area contributed by atoms with Crippen molar-refractivity contribution in [1.82, 2.24) is 9.78 Å². The first-order chi connectivity index (χ1) is 9.97. The number of nitrogens with zero attached hydrogens (tertiary/aromatic N) is 2. The van der Waals surface area contributed by atoms with Crippen LogP contribution in [-0.2, 0) is 19.4 Å². The van der Waals surface area contributed by atoms with E-state index in [-0.39, 0.29) is 6.04 Å². The van der Waals surface area contributed by atoms with Crippen LogP contribution in [0.5, 0.6) is 0 Å². The molecule has 1 aromatic carbocycles. The lowest BCUT2D eigenvalue weighted by atomic mass is 10.0. The smallest absolute Gasteiger partial charge is 0.0766 e. The Balaban J connectivity index is 2.33. The summed E-state index contributed by atoms with van der Waals surface area (Å²) in [5.41, 5.74) is 9.90. The second-order valence-electron chi connectivity index (χ2n) is 4.85. The van der Waals surface area contributed by atoms with Crippen LogP contribution in [0.25, 0.3) is 0 Å². The van der Waals surface area contributed by atoms with Gasteiger partial charge in [-0.15, -0.1) is 0 Å². The Morgan fingerprint density at radius 2 is 2.05 bits per heavy atom. The normalized spacial score (nSPS) is 12.7. The van der Waals surface area contributed by atoms with Crippen LogP contribution in [0.1, 0.15) is 36.8 Å². The van der Waals surface area contributed by atoms with Crippen molar-refractivity contribution in [3.8, 4) is 0 Å². The van der Waals surface area contributed by atoms with Gasteiger partial charge in [0, 0.05) is 27.1 Å². The molecular formula is C15H18Br2IN3. The number of rotatable bonds is 5. The number of nitrogens with two attached hydrogens (primary N) is 1. The summed E-state index contributed by atoms with van der Waals surface area (Å²) in [6.07, 6.45) is 1.69. The maximum Gasteiger partial charge on any atom is 0.0766 e. The Morgan fingerprint density at radius 1 is 1.33 bits per heavy atom. The summed E-state index contributed by atoms with van der Waals surface area (Å²) in [5.74, 6) is 0. The SMILES string of the molecule is CCc1nn(CC)c(CC(N)c2cc(Br)ccc2I)c1Br. The van der Waals surface area contributed by atoms with Gasteiger partial charge in [-0.3, -0.25) is 4.68 Å². The monoisotopic (exact) mass is 525 g/mol. The van der Waals surface area contributed by atoms with Gasteiger partial charge in [-0.25, -0.2) is 0 Å². The second kappa shape index (κ2) is 7.57. The summed E-state index contributed by atoms with van der Waals surface area (Å²) < 4.78 is 5.41. The molecule has 0 bridgehead atoms. The summed E-state index contributed by atoms with van der Waals surface area (Å²) in [6.45, 7) is 5.08. The number of hydrogen-bond donors (Lipinski definition) is 1. The van der Waals surface area contributed by atoms with Crippen LogP contribution in [0, 0.1) is 3.57 Å². The third kappa shape index (κ3) is 3.89. The van der Waals surface area contributed by atoms with Crippen molar-refractivity contribution in [1.29, 1.82) is 0 Å². The van der Waals surface area contributed by atoms with E-state index in [1.807, 2.05) is 10.7 Å². The molecule has 1 aromatic heterocycles. The predicted octanol–water partition coefficient (Wildman–Crippen LogP) is 4.84. The average molecular weight is 527 g/mol. The summed E-state index contributed by atoms with van der Waals surface area (Å²) >= 11 is 9.55. The molecule has 2 rings (SSSR count). The minimum Gasteiger partial charge on any atom is -0.324 e. The van der Waals surface area contributed by atoms with Gasteiger partial charge < -0.3 is 5.73 Å². The van der Waals surface area contributed by atoms with Gasteiger partial charge in [-0.05, 0) is 75.6 Å². The minimum atomic E-state index is -0.0441. The maximum absolute atomic E-state index is 6.45. The van der Waals surface area contributed by atoms with E-state index < -0.39 is 0 Å². The van der Waals surface area contributed by atoms with E-state index in [0.29, 0.717) is 0 Å². The summed E-state index contributed by atoms with van der Waals surface area (Å²) in [7, 11) is 0.